The van der Waals surface area contributed by atoms with Crippen LogP contribution in [0.25, 0.3) is 0 Å². The van der Waals surface area contributed by atoms with Crippen molar-refractivity contribution < 1.29 is 15.0 Å². The fourth-order valence-corrected chi connectivity index (χ4v) is 1.71. The van der Waals surface area contributed by atoms with E-state index in [1.165, 1.54) is 0 Å². The van der Waals surface area contributed by atoms with Crippen molar-refractivity contribution in [2.75, 3.05) is 13.1 Å². The molecular weight excluding hydrogens is 134 g/mol. The summed E-state index contributed by atoms with van der Waals surface area (Å²) in [4.78, 5) is 12.4. The minimum absolute atomic E-state index is 0.531. The molecule has 2 aliphatic heterocycles. The maximum atomic E-state index is 10.6. The van der Waals surface area contributed by atoms with E-state index in [-0.39, 0.29) is 0 Å². The lowest BCUT2D eigenvalue weighted by atomic mass is 10.0. The predicted molar refractivity (Wildman–Crippen MR) is 32.6 cm³/mol. The highest BCUT2D eigenvalue weighted by atomic mass is 16.4. The fraction of sp³-hybridized carbons (Fsp3) is 0.833. The standard InChI is InChI=1S/C6H9NO3/c8-4-1-2-7-3-6(4,7)5(9)10/h4,8H,1-3H2,(H,9,10)/t4?,6-,7?/m0/s1. The second-order valence-electron chi connectivity index (χ2n) is 2.96. The molecule has 3 atom stereocenters. The van der Waals surface area contributed by atoms with Crippen molar-refractivity contribution in [2.45, 2.75) is 18.1 Å². The summed E-state index contributed by atoms with van der Waals surface area (Å²) in [5.74, 6) is -0.877. The Bertz CT molecular complexity index is 193. The lowest BCUT2D eigenvalue weighted by Crippen LogP contribution is -2.36. The van der Waals surface area contributed by atoms with Gasteiger partial charge in [-0.05, 0) is 6.42 Å². The van der Waals surface area contributed by atoms with Crippen LogP contribution in [0.5, 0.6) is 0 Å². The molecule has 0 aromatic rings. The van der Waals surface area contributed by atoms with Crippen molar-refractivity contribution >= 4 is 5.97 Å². The number of carboxylic acids is 1. The monoisotopic (exact) mass is 143 g/mol. The molecule has 2 saturated heterocycles. The van der Waals surface area contributed by atoms with Crippen LogP contribution in [0.2, 0.25) is 0 Å². The molecule has 4 heteroatoms. The third kappa shape index (κ3) is 0.468. The van der Waals surface area contributed by atoms with Gasteiger partial charge in [0.1, 0.15) is 0 Å². The highest BCUT2D eigenvalue weighted by molar-refractivity contribution is 5.84. The molecule has 2 unspecified atom stereocenters. The van der Waals surface area contributed by atoms with Crippen molar-refractivity contribution in [3.8, 4) is 0 Å². The average molecular weight is 143 g/mol. The number of nitrogens with zero attached hydrogens (tertiary/aromatic N) is 1. The molecule has 0 aromatic carbocycles. The Hall–Kier alpha value is -0.610. The number of aliphatic carboxylic acids is 1. The minimum Gasteiger partial charge on any atom is -0.480 e. The van der Waals surface area contributed by atoms with E-state index in [0.29, 0.717) is 13.0 Å². The molecule has 0 aliphatic carbocycles. The molecule has 2 aliphatic rings. The largest absolute Gasteiger partial charge is 0.480 e. The number of piperidine rings is 1. The van der Waals surface area contributed by atoms with E-state index >= 15 is 0 Å². The van der Waals surface area contributed by atoms with Gasteiger partial charge in [0, 0.05) is 13.1 Å². The van der Waals surface area contributed by atoms with Crippen LogP contribution in [0.4, 0.5) is 0 Å². The third-order valence-corrected chi connectivity index (χ3v) is 2.49. The number of aliphatic hydroxyl groups excluding tert-OH is 1. The minimum atomic E-state index is -0.877. The van der Waals surface area contributed by atoms with Crippen molar-refractivity contribution in [3.63, 3.8) is 0 Å². The Balaban J connectivity index is 2.25. The van der Waals surface area contributed by atoms with Crippen molar-refractivity contribution in [1.29, 1.82) is 0 Å². The molecule has 2 fully saturated rings. The van der Waals surface area contributed by atoms with Crippen LogP contribution in [-0.4, -0.2) is 45.8 Å². The van der Waals surface area contributed by atoms with Gasteiger partial charge in [0.15, 0.2) is 5.54 Å². The quantitative estimate of drug-likeness (QED) is 0.457. The molecule has 0 saturated carbocycles. The predicted octanol–water partition coefficient (Wildman–Crippen LogP) is -1.11. The van der Waals surface area contributed by atoms with Crippen LogP contribution in [0.3, 0.4) is 0 Å². The summed E-state index contributed by atoms with van der Waals surface area (Å²) in [5.41, 5.74) is -0.875. The Morgan fingerprint density at radius 2 is 2.40 bits per heavy atom. The van der Waals surface area contributed by atoms with Gasteiger partial charge in [-0.3, -0.25) is 9.69 Å². The van der Waals surface area contributed by atoms with Crippen LogP contribution in [-0.2, 0) is 4.79 Å². The topological polar surface area (TPSA) is 60.5 Å². The van der Waals surface area contributed by atoms with Crippen LogP contribution >= 0.6 is 0 Å². The summed E-state index contributed by atoms with van der Waals surface area (Å²) in [6, 6.07) is 0. The first-order valence-corrected chi connectivity index (χ1v) is 3.34. The molecule has 2 heterocycles. The number of hydrogen-bond donors (Lipinski definition) is 2. The summed E-state index contributed by atoms with van der Waals surface area (Å²) in [7, 11) is 0. The van der Waals surface area contributed by atoms with Crippen molar-refractivity contribution in [2.24, 2.45) is 0 Å². The lowest BCUT2D eigenvalue weighted by Gasteiger charge is -2.09. The molecule has 0 radical (unpaired) electrons. The summed E-state index contributed by atoms with van der Waals surface area (Å²) in [5, 5.41) is 17.9. The van der Waals surface area contributed by atoms with Gasteiger partial charge >= 0.3 is 5.97 Å². The molecule has 2 rings (SSSR count). The van der Waals surface area contributed by atoms with Gasteiger partial charge in [0.2, 0.25) is 0 Å². The third-order valence-electron chi connectivity index (χ3n) is 2.49. The number of carboxylic acid groups (broad SMARTS) is 1. The normalized spacial score (nSPS) is 50.5. The summed E-state index contributed by atoms with van der Waals surface area (Å²) in [6.45, 7) is 1.26. The molecule has 2 N–H and O–H groups in total. The highest BCUT2D eigenvalue weighted by Crippen LogP contribution is 2.42. The summed E-state index contributed by atoms with van der Waals surface area (Å²) in [6.07, 6.45) is -0.0447. The zero-order chi connectivity index (χ0) is 7.35. The SMILES string of the molecule is O=C(O)[C@@]12CN1CCC2O. The zero-order valence-electron chi connectivity index (χ0n) is 5.45. The molecular formula is C6H9NO3. The van der Waals surface area contributed by atoms with Gasteiger partial charge < -0.3 is 10.2 Å². The number of fused-ring (bicyclic) bond motifs is 1. The van der Waals surface area contributed by atoms with E-state index in [4.69, 9.17) is 5.11 Å². The molecule has 0 aromatic heterocycles. The Kier molecular flexibility index (Phi) is 0.928. The fourth-order valence-electron chi connectivity index (χ4n) is 1.71. The van der Waals surface area contributed by atoms with Crippen molar-refractivity contribution in [3.05, 3.63) is 0 Å². The smallest absolute Gasteiger partial charge is 0.328 e. The van der Waals surface area contributed by atoms with Crippen molar-refractivity contribution in [1.82, 2.24) is 4.90 Å². The number of carbonyl (C=O) groups is 1. The summed E-state index contributed by atoms with van der Waals surface area (Å²) >= 11 is 0. The van der Waals surface area contributed by atoms with Gasteiger partial charge in [-0.1, -0.05) is 0 Å². The first-order chi connectivity index (χ1) is 4.68. The van der Waals surface area contributed by atoms with Crippen LogP contribution in [0, 0.1) is 0 Å². The highest BCUT2D eigenvalue weighted by Gasteiger charge is 2.66. The molecule has 56 valence electrons. The first kappa shape index (κ1) is 6.12. The van der Waals surface area contributed by atoms with Gasteiger partial charge in [0.05, 0.1) is 6.10 Å². The van der Waals surface area contributed by atoms with E-state index < -0.39 is 17.6 Å². The van der Waals surface area contributed by atoms with Gasteiger partial charge in [0.25, 0.3) is 0 Å². The van der Waals surface area contributed by atoms with Gasteiger partial charge in [-0.15, -0.1) is 0 Å². The van der Waals surface area contributed by atoms with Crippen LogP contribution in [0.15, 0.2) is 0 Å². The number of rotatable bonds is 1. The Morgan fingerprint density at radius 1 is 1.70 bits per heavy atom. The van der Waals surface area contributed by atoms with E-state index in [9.17, 15) is 9.90 Å². The zero-order valence-corrected chi connectivity index (χ0v) is 5.45. The Morgan fingerprint density at radius 3 is 2.60 bits per heavy atom. The van der Waals surface area contributed by atoms with Crippen LogP contribution < -0.4 is 0 Å². The molecule has 0 bridgehead atoms. The maximum Gasteiger partial charge on any atom is 0.328 e. The van der Waals surface area contributed by atoms with Gasteiger partial charge in [-0.25, -0.2) is 0 Å². The lowest BCUT2D eigenvalue weighted by molar-refractivity contribution is -0.143. The van der Waals surface area contributed by atoms with E-state index in [0.717, 1.165) is 6.54 Å². The summed E-state index contributed by atoms with van der Waals surface area (Å²) < 4.78 is 0. The molecule has 4 nitrogen and oxygen atoms in total. The van der Waals surface area contributed by atoms with E-state index in [1.807, 2.05) is 0 Å². The molecule has 0 amide bonds. The second kappa shape index (κ2) is 1.52. The number of aliphatic hydroxyl groups is 1. The second-order valence-corrected chi connectivity index (χ2v) is 2.96. The van der Waals surface area contributed by atoms with Crippen LogP contribution in [0.1, 0.15) is 6.42 Å². The van der Waals surface area contributed by atoms with E-state index in [2.05, 4.69) is 0 Å². The van der Waals surface area contributed by atoms with Gasteiger partial charge in [-0.2, -0.15) is 0 Å². The molecule has 0 spiro atoms. The Labute approximate surface area is 58.1 Å². The first-order valence-electron chi connectivity index (χ1n) is 3.34. The van der Waals surface area contributed by atoms with E-state index in [1.54, 1.807) is 4.90 Å². The number of hydrogen-bond acceptors (Lipinski definition) is 3. The molecule has 10 heavy (non-hydrogen) atoms. The maximum absolute atomic E-state index is 10.6. The average Bonchev–Trinajstić information content (AvgIpc) is 2.52.